The van der Waals surface area contributed by atoms with Gasteiger partial charge < -0.3 is 0 Å². The van der Waals surface area contributed by atoms with Crippen LogP contribution in [0.3, 0.4) is 0 Å². The van der Waals surface area contributed by atoms with Crippen LogP contribution < -0.4 is 0 Å². The summed E-state index contributed by atoms with van der Waals surface area (Å²) in [6, 6.07) is 2.74. The lowest BCUT2D eigenvalue weighted by Gasteiger charge is -2.04. The number of hydrogen-bond acceptors (Lipinski definition) is 4. The van der Waals surface area contributed by atoms with Gasteiger partial charge in [0.1, 0.15) is 11.6 Å². The van der Waals surface area contributed by atoms with Gasteiger partial charge in [-0.2, -0.15) is 0 Å². The van der Waals surface area contributed by atoms with Crippen molar-refractivity contribution in [2.24, 2.45) is 0 Å². The fourth-order valence-electron chi connectivity index (χ4n) is 1.45. The minimum absolute atomic E-state index is 0.120. The van der Waals surface area contributed by atoms with Gasteiger partial charge in [0.15, 0.2) is 0 Å². The molecule has 0 fully saturated rings. The summed E-state index contributed by atoms with van der Waals surface area (Å²) in [4.78, 5) is 7.40. The molecule has 100 valence electrons. The maximum absolute atomic E-state index is 13.4. The van der Waals surface area contributed by atoms with Crippen LogP contribution in [0.1, 0.15) is 11.1 Å². The third-order valence-corrected chi connectivity index (χ3v) is 3.85. The lowest BCUT2D eigenvalue weighted by Crippen LogP contribution is -2.10. The Morgan fingerprint density at radius 2 is 1.79 bits per heavy atom. The molecule has 0 saturated heterocycles. The van der Waals surface area contributed by atoms with Gasteiger partial charge in [-0.25, -0.2) is 27.2 Å². The molecule has 7 heteroatoms. The van der Waals surface area contributed by atoms with Crippen LogP contribution in [0.5, 0.6) is 0 Å². The van der Waals surface area contributed by atoms with E-state index in [9.17, 15) is 17.2 Å². The van der Waals surface area contributed by atoms with Gasteiger partial charge in [0.05, 0.1) is 5.75 Å². The van der Waals surface area contributed by atoms with Crippen LogP contribution in [0.25, 0.3) is 0 Å². The molecule has 0 aliphatic carbocycles. The molecular formula is C12H10F2N2O2S. The van der Waals surface area contributed by atoms with Crippen molar-refractivity contribution >= 4 is 9.84 Å². The molecule has 2 aromatic rings. The van der Waals surface area contributed by atoms with E-state index in [4.69, 9.17) is 0 Å². The molecule has 4 nitrogen and oxygen atoms in total. The van der Waals surface area contributed by atoms with Crippen molar-refractivity contribution in [3.8, 4) is 0 Å². The number of halogens is 2. The summed E-state index contributed by atoms with van der Waals surface area (Å²) < 4.78 is 50.1. The van der Waals surface area contributed by atoms with E-state index in [1.165, 1.54) is 12.4 Å². The molecule has 0 unspecified atom stereocenters. The van der Waals surface area contributed by atoms with Gasteiger partial charge in [0.2, 0.25) is 15.0 Å². The quantitative estimate of drug-likeness (QED) is 0.809. The van der Waals surface area contributed by atoms with Crippen LogP contribution in [-0.4, -0.2) is 18.4 Å². The molecule has 0 aliphatic heterocycles. The average Bonchev–Trinajstić information content (AvgIpc) is 2.33. The highest BCUT2D eigenvalue weighted by Crippen LogP contribution is 2.16. The maximum Gasteiger partial charge on any atom is 0.247 e. The number of aromatic nitrogens is 2. The minimum Gasteiger partial charge on any atom is -0.227 e. The Bertz CT molecular complexity index is 700. The molecule has 0 bridgehead atoms. The van der Waals surface area contributed by atoms with Crippen molar-refractivity contribution in [3.05, 3.63) is 53.4 Å². The normalized spacial score (nSPS) is 11.5. The third kappa shape index (κ3) is 3.11. The molecule has 2 rings (SSSR count). The number of hydrogen-bond donors (Lipinski definition) is 0. The summed E-state index contributed by atoms with van der Waals surface area (Å²) in [7, 11) is -3.85. The van der Waals surface area contributed by atoms with Crippen LogP contribution in [-0.2, 0) is 15.6 Å². The molecule has 19 heavy (non-hydrogen) atoms. The smallest absolute Gasteiger partial charge is 0.227 e. The second-order valence-corrected chi connectivity index (χ2v) is 5.92. The van der Waals surface area contributed by atoms with Crippen LogP contribution >= 0.6 is 0 Å². The molecule has 0 N–H and O–H groups in total. The summed E-state index contributed by atoms with van der Waals surface area (Å²) in [6.45, 7) is 1.72. The van der Waals surface area contributed by atoms with E-state index in [0.29, 0.717) is 11.6 Å². The molecule has 0 radical (unpaired) electrons. The Labute approximate surface area is 109 Å². The number of rotatable bonds is 3. The lowest BCUT2D eigenvalue weighted by molar-refractivity contribution is 0.566. The van der Waals surface area contributed by atoms with E-state index < -0.39 is 27.2 Å². The average molecular weight is 284 g/mol. The van der Waals surface area contributed by atoms with Crippen LogP contribution in [0.4, 0.5) is 8.78 Å². The van der Waals surface area contributed by atoms with Crippen molar-refractivity contribution < 1.29 is 17.2 Å². The number of nitrogens with zero attached hydrogens (tertiary/aromatic N) is 2. The Balaban J connectivity index is 2.33. The van der Waals surface area contributed by atoms with Gasteiger partial charge in [-0.3, -0.25) is 0 Å². The highest BCUT2D eigenvalue weighted by atomic mass is 32.2. The number of sulfone groups is 1. The molecule has 1 aromatic carbocycles. The Morgan fingerprint density at radius 1 is 1.16 bits per heavy atom. The van der Waals surface area contributed by atoms with Crippen LogP contribution in [0.15, 0.2) is 35.7 Å². The SMILES string of the molecule is Cc1cnc(S(=O)(=O)Cc2ccc(F)cc2F)nc1. The van der Waals surface area contributed by atoms with Crippen molar-refractivity contribution in [1.29, 1.82) is 0 Å². The topological polar surface area (TPSA) is 59.9 Å². The van der Waals surface area contributed by atoms with Gasteiger partial charge in [-0.05, 0) is 18.6 Å². The Morgan fingerprint density at radius 3 is 2.37 bits per heavy atom. The number of aryl methyl sites for hydroxylation is 1. The molecule has 0 amide bonds. The Hall–Kier alpha value is -1.89. The van der Waals surface area contributed by atoms with Crippen molar-refractivity contribution in [1.82, 2.24) is 9.97 Å². The molecule has 0 spiro atoms. The first-order chi connectivity index (χ1) is 8.88. The predicted molar refractivity (Wildman–Crippen MR) is 64.0 cm³/mol. The monoisotopic (exact) mass is 284 g/mol. The van der Waals surface area contributed by atoms with Gasteiger partial charge in [0, 0.05) is 24.0 Å². The van der Waals surface area contributed by atoms with Crippen molar-refractivity contribution in [3.63, 3.8) is 0 Å². The molecule has 0 saturated carbocycles. The van der Waals surface area contributed by atoms with E-state index in [1.807, 2.05) is 0 Å². The predicted octanol–water partition coefficient (Wildman–Crippen LogP) is 2.04. The van der Waals surface area contributed by atoms with Crippen molar-refractivity contribution in [2.75, 3.05) is 0 Å². The van der Waals surface area contributed by atoms with E-state index in [0.717, 1.165) is 12.1 Å². The first kappa shape index (κ1) is 13.5. The van der Waals surface area contributed by atoms with Crippen LogP contribution in [0, 0.1) is 18.6 Å². The summed E-state index contributed by atoms with van der Waals surface area (Å²) >= 11 is 0. The number of benzene rings is 1. The van der Waals surface area contributed by atoms with Crippen LogP contribution in [0.2, 0.25) is 0 Å². The molecule has 0 aliphatic rings. The maximum atomic E-state index is 13.4. The fraction of sp³-hybridized carbons (Fsp3) is 0.167. The summed E-state index contributed by atoms with van der Waals surface area (Å²) in [6.07, 6.45) is 2.72. The highest BCUT2D eigenvalue weighted by molar-refractivity contribution is 7.90. The van der Waals surface area contributed by atoms with E-state index >= 15 is 0 Å². The van der Waals surface area contributed by atoms with Gasteiger partial charge in [-0.1, -0.05) is 6.07 Å². The Kier molecular flexibility index (Phi) is 3.57. The fourth-order valence-corrected chi connectivity index (χ4v) is 2.65. The zero-order valence-electron chi connectivity index (χ0n) is 9.97. The minimum atomic E-state index is -3.85. The van der Waals surface area contributed by atoms with Gasteiger partial charge in [-0.15, -0.1) is 0 Å². The van der Waals surface area contributed by atoms with Crippen molar-refractivity contribution in [2.45, 2.75) is 17.8 Å². The largest absolute Gasteiger partial charge is 0.247 e. The lowest BCUT2D eigenvalue weighted by atomic mass is 10.2. The first-order valence-corrected chi connectivity index (χ1v) is 6.99. The van der Waals surface area contributed by atoms with E-state index in [1.54, 1.807) is 6.92 Å². The molecule has 1 aromatic heterocycles. The zero-order valence-corrected chi connectivity index (χ0v) is 10.8. The first-order valence-electron chi connectivity index (χ1n) is 5.34. The van der Waals surface area contributed by atoms with Gasteiger partial charge >= 0.3 is 0 Å². The van der Waals surface area contributed by atoms with E-state index in [2.05, 4.69) is 9.97 Å². The second-order valence-electron chi connectivity index (χ2n) is 4.04. The highest BCUT2D eigenvalue weighted by Gasteiger charge is 2.20. The van der Waals surface area contributed by atoms with E-state index in [-0.39, 0.29) is 10.7 Å². The second kappa shape index (κ2) is 5.00. The summed E-state index contributed by atoms with van der Waals surface area (Å²) in [5, 5.41) is -0.373. The third-order valence-electron chi connectivity index (χ3n) is 2.40. The summed E-state index contributed by atoms with van der Waals surface area (Å²) in [5.41, 5.74) is 0.595. The molecular weight excluding hydrogens is 274 g/mol. The standard InChI is InChI=1S/C12H10F2N2O2S/c1-8-5-15-12(16-6-8)19(17,18)7-9-2-3-10(13)4-11(9)14/h2-6H,7H2,1H3. The van der Waals surface area contributed by atoms with Gasteiger partial charge in [0.25, 0.3) is 0 Å². The zero-order chi connectivity index (χ0) is 14.0. The summed E-state index contributed by atoms with van der Waals surface area (Å²) in [5.74, 6) is -2.27. The molecule has 1 heterocycles. The molecule has 0 atom stereocenters.